The number of aryl methyl sites for hydroxylation is 2. The van der Waals surface area contributed by atoms with Crippen molar-refractivity contribution in [1.29, 1.82) is 0 Å². The normalized spacial score (nSPS) is 17.2. The zero-order valence-electron chi connectivity index (χ0n) is 13.8. The van der Waals surface area contributed by atoms with Gasteiger partial charge in [-0.15, -0.1) is 0 Å². The number of ether oxygens (including phenoxy) is 1. The maximum absolute atomic E-state index is 5.94. The highest BCUT2D eigenvalue weighted by Gasteiger charge is 2.25. The fourth-order valence-corrected chi connectivity index (χ4v) is 3.64. The molecule has 3 rings (SSSR count). The van der Waals surface area contributed by atoms with E-state index in [1.54, 1.807) is 7.11 Å². The first kappa shape index (κ1) is 16.2. The van der Waals surface area contributed by atoms with Gasteiger partial charge in [0.05, 0.1) is 12.8 Å². The van der Waals surface area contributed by atoms with Crippen LogP contribution in [0, 0.1) is 6.92 Å². The number of fused-ring (bicyclic) bond motifs is 1. The molecule has 1 aliphatic rings. The summed E-state index contributed by atoms with van der Waals surface area (Å²) >= 11 is 5.94. The molecule has 1 heterocycles. The van der Waals surface area contributed by atoms with Crippen LogP contribution in [0.2, 0.25) is 5.28 Å². The number of aromatic nitrogens is 2. The number of hydrogen-bond acceptors (Lipinski definition) is 4. The number of halogens is 1. The number of benzene rings is 1. The molecule has 0 saturated carbocycles. The van der Waals surface area contributed by atoms with E-state index in [4.69, 9.17) is 16.3 Å². The van der Waals surface area contributed by atoms with Crippen molar-refractivity contribution < 1.29 is 4.74 Å². The molecule has 122 valence electrons. The van der Waals surface area contributed by atoms with E-state index in [1.165, 1.54) is 30.4 Å². The van der Waals surface area contributed by atoms with E-state index in [-0.39, 0.29) is 5.28 Å². The van der Waals surface area contributed by atoms with E-state index in [0.717, 1.165) is 17.8 Å². The van der Waals surface area contributed by atoms with Crippen LogP contribution in [0.25, 0.3) is 0 Å². The zero-order valence-corrected chi connectivity index (χ0v) is 14.6. The predicted octanol–water partition coefficient (Wildman–Crippen LogP) is 3.96. The minimum Gasteiger partial charge on any atom is -0.481 e. The first-order chi connectivity index (χ1) is 11.1. The Bertz CT molecular complexity index is 705. The first-order valence-electron chi connectivity index (χ1n) is 7.95. The lowest BCUT2D eigenvalue weighted by Gasteiger charge is -2.33. The SMILES string of the molecule is COc1nc(Cl)nc(C)c1CN(C)C1CCCc2ccccc21. The minimum absolute atomic E-state index is 0.230. The third-order valence-electron chi connectivity index (χ3n) is 4.62. The summed E-state index contributed by atoms with van der Waals surface area (Å²) in [5.74, 6) is 0.568. The smallest absolute Gasteiger partial charge is 0.225 e. The summed E-state index contributed by atoms with van der Waals surface area (Å²) in [4.78, 5) is 10.8. The molecule has 0 fully saturated rings. The van der Waals surface area contributed by atoms with Gasteiger partial charge in [-0.1, -0.05) is 24.3 Å². The van der Waals surface area contributed by atoms with Gasteiger partial charge in [0.25, 0.3) is 0 Å². The third-order valence-corrected chi connectivity index (χ3v) is 4.79. The summed E-state index contributed by atoms with van der Waals surface area (Å²) in [6, 6.07) is 9.16. The Morgan fingerprint density at radius 1 is 1.30 bits per heavy atom. The van der Waals surface area contributed by atoms with Gasteiger partial charge in [-0.25, -0.2) is 4.98 Å². The van der Waals surface area contributed by atoms with Crippen molar-refractivity contribution in [2.75, 3.05) is 14.2 Å². The van der Waals surface area contributed by atoms with Gasteiger partial charge in [0.15, 0.2) is 0 Å². The molecule has 5 heteroatoms. The van der Waals surface area contributed by atoms with Crippen molar-refractivity contribution in [3.05, 3.63) is 51.9 Å². The van der Waals surface area contributed by atoms with E-state index < -0.39 is 0 Å². The van der Waals surface area contributed by atoms with Crippen LogP contribution in [-0.4, -0.2) is 29.0 Å². The molecule has 0 bridgehead atoms. The molecule has 1 aliphatic carbocycles. The van der Waals surface area contributed by atoms with Gasteiger partial charge >= 0.3 is 0 Å². The lowest BCUT2D eigenvalue weighted by molar-refractivity contribution is 0.209. The van der Waals surface area contributed by atoms with Gasteiger partial charge in [-0.2, -0.15) is 4.98 Å². The number of hydrogen-bond donors (Lipinski definition) is 0. The molecule has 0 aliphatic heterocycles. The molecule has 1 aromatic heterocycles. The van der Waals surface area contributed by atoms with Crippen LogP contribution in [0.4, 0.5) is 0 Å². The lowest BCUT2D eigenvalue weighted by atomic mass is 9.87. The van der Waals surface area contributed by atoms with E-state index in [1.807, 2.05) is 6.92 Å². The van der Waals surface area contributed by atoms with Crippen molar-refractivity contribution in [2.45, 2.75) is 38.8 Å². The maximum Gasteiger partial charge on any atom is 0.225 e. The molecule has 0 saturated heterocycles. The van der Waals surface area contributed by atoms with Crippen LogP contribution in [0.3, 0.4) is 0 Å². The zero-order chi connectivity index (χ0) is 16.4. The van der Waals surface area contributed by atoms with Crippen LogP contribution in [0.1, 0.15) is 41.3 Å². The van der Waals surface area contributed by atoms with E-state index in [0.29, 0.717) is 11.9 Å². The molecular weight excluding hydrogens is 310 g/mol. The van der Waals surface area contributed by atoms with Crippen molar-refractivity contribution in [2.24, 2.45) is 0 Å². The summed E-state index contributed by atoms with van der Waals surface area (Å²) in [5, 5.41) is 0.230. The van der Waals surface area contributed by atoms with Gasteiger partial charge in [-0.3, -0.25) is 4.90 Å². The monoisotopic (exact) mass is 331 g/mol. The molecule has 23 heavy (non-hydrogen) atoms. The Labute approximate surface area is 142 Å². The second kappa shape index (κ2) is 6.85. The molecule has 1 atom stereocenters. The summed E-state index contributed by atoms with van der Waals surface area (Å²) in [7, 11) is 3.78. The average molecular weight is 332 g/mol. The highest BCUT2D eigenvalue weighted by Crippen LogP contribution is 2.35. The Morgan fingerprint density at radius 3 is 2.87 bits per heavy atom. The second-order valence-electron chi connectivity index (χ2n) is 6.09. The maximum atomic E-state index is 5.94. The van der Waals surface area contributed by atoms with Gasteiger partial charge in [0.1, 0.15) is 0 Å². The van der Waals surface area contributed by atoms with Crippen molar-refractivity contribution >= 4 is 11.6 Å². The Hall–Kier alpha value is -1.65. The largest absolute Gasteiger partial charge is 0.481 e. The van der Waals surface area contributed by atoms with Crippen LogP contribution >= 0.6 is 11.6 Å². The summed E-state index contributed by atoms with van der Waals surface area (Å²) in [6.45, 7) is 2.69. The standard InChI is InChI=1S/C18H22ClN3O/c1-12-15(17(23-3)21-18(19)20-12)11-22(2)16-10-6-8-13-7-4-5-9-14(13)16/h4-5,7,9,16H,6,8,10-11H2,1-3H3. The second-order valence-corrected chi connectivity index (χ2v) is 6.43. The van der Waals surface area contributed by atoms with Gasteiger partial charge in [0, 0.05) is 18.2 Å². The topological polar surface area (TPSA) is 38.3 Å². The molecule has 0 N–H and O–H groups in total. The third kappa shape index (κ3) is 3.33. The molecule has 0 radical (unpaired) electrons. The fourth-order valence-electron chi connectivity index (χ4n) is 3.43. The van der Waals surface area contributed by atoms with Crippen LogP contribution in [-0.2, 0) is 13.0 Å². The molecule has 2 aromatic rings. The highest BCUT2D eigenvalue weighted by atomic mass is 35.5. The van der Waals surface area contributed by atoms with Gasteiger partial charge < -0.3 is 4.74 Å². The minimum atomic E-state index is 0.230. The van der Waals surface area contributed by atoms with Gasteiger partial charge in [-0.05, 0) is 56.0 Å². The number of methoxy groups -OCH3 is 1. The van der Waals surface area contributed by atoms with Crippen molar-refractivity contribution in [3.8, 4) is 5.88 Å². The predicted molar refractivity (Wildman–Crippen MR) is 91.9 cm³/mol. The van der Waals surface area contributed by atoms with Crippen LogP contribution in [0.5, 0.6) is 5.88 Å². The quantitative estimate of drug-likeness (QED) is 0.795. The van der Waals surface area contributed by atoms with Crippen LogP contribution < -0.4 is 4.74 Å². The fraction of sp³-hybridized carbons (Fsp3) is 0.444. The van der Waals surface area contributed by atoms with Crippen molar-refractivity contribution in [3.63, 3.8) is 0 Å². The Kier molecular flexibility index (Phi) is 4.83. The molecular formula is C18H22ClN3O. The summed E-state index contributed by atoms with van der Waals surface area (Å²) in [6.07, 6.45) is 3.56. The average Bonchev–Trinajstić information content (AvgIpc) is 2.56. The molecule has 0 spiro atoms. The molecule has 0 amide bonds. The molecule has 4 nitrogen and oxygen atoms in total. The van der Waals surface area contributed by atoms with E-state index >= 15 is 0 Å². The van der Waals surface area contributed by atoms with Crippen LogP contribution in [0.15, 0.2) is 24.3 Å². The lowest BCUT2D eigenvalue weighted by Crippen LogP contribution is -2.28. The van der Waals surface area contributed by atoms with Crippen molar-refractivity contribution in [1.82, 2.24) is 14.9 Å². The molecule has 1 unspecified atom stereocenters. The Morgan fingerprint density at radius 2 is 2.09 bits per heavy atom. The number of nitrogens with zero attached hydrogens (tertiary/aromatic N) is 3. The van der Waals surface area contributed by atoms with E-state index in [9.17, 15) is 0 Å². The summed E-state index contributed by atoms with van der Waals surface area (Å²) in [5.41, 5.74) is 4.78. The van der Waals surface area contributed by atoms with Gasteiger partial charge in [0.2, 0.25) is 11.2 Å². The highest BCUT2D eigenvalue weighted by molar-refractivity contribution is 6.28. The molecule has 1 aromatic carbocycles. The summed E-state index contributed by atoms with van der Waals surface area (Å²) < 4.78 is 5.40. The number of rotatable bonds is 4. The Balaban J connectivity index is 1.87. The first-order valence-corrected chi connectivity index (χ1v) is 8.33. The van der Waals surface area contributed by atoms with E-state index in [2.05, 4.69) is 46.2 Å².